The summed E-state index contributed by atoms with van der Waals surface area (Å²) >= 11 is 3.81. The van der Waals surface area contributed by atoms with E-state index < -0.39 is 11.9 Å². The molecule has 3 nitrogen and oxygen atoms in total. The molecule has 0 heterocycles. The molecule has 190 valence electrons. The Morgan fingerprint density at radius 3 is 1.09 bits per heavy atom. The highest BCUT2D eigenvalue weighted by Gasteiger charge is 2.18. The van der Waals surface area contributed by atoms with Crippen molar-refractivity contribution in [2.24, 2.45) is 5.92 Å². The van der Waals surface area contributed by atoms with Gasteiger partial charge in [0.2, 0.25) is 0 Å². The molecule has 0 fully saturated rings. The monoisotopic (exact) mass is 470 g/mol. The van der Waals surface area contributed by atoms with Gasteiger partial charge in [0.15, 0.2) is 5.12 Å². The topological polar surface area (TPSA) is 54.4 Å². The van der Waals surface area contributed by atoms with Gasteiger partial charge in [0.1, 0.15) is 0 Å². The van der Waals surface area contributed by atoms with Crippen LogP contribution in [0.3, 0.4) is 0 Å². The van der Waals surface area contributed by atoms with Crippen LogP contribution < -0.4 is 0 Å². The number of hydrogen-bond acceptors (Lipinski definition) is 2. The van der Waals surface area contributed by atoms with Crippen LogP contribution in [0.2, 0.25) is 0 Å². The van der Waals surface area contributed by atoms with Crippen LogP contribution in [-0.2, 0) is 9.59 Å². The van der Waals surface area contributed by atoms with Crippen molar-refractivity contribution >= 4 is 23.7 Å². The summed E-state index contributed by atoms with van der Waals surface area (Å²) in [5, 5.41) is 8.54. The highest BCUT2D eigenvalue weighted by molar-refractivity contribution is 7.96. The standard InChI is InChI=1S/C28H54O3S/c1-2-3-4-5-6-7-8-9-10-11-12-13-14-15-16-17-18-19-20-21-22-23-24-26(28(31)32)25-27(29)30/h26H,2-25H2,1H3,(H,29,30)(H,31,32). The SMILES string of the molecule is CCCCCCCCCCCCCCCCCCCCCCCCC(CC(=O)O)C(=O)S. The molecule has 1 N–H and O–H groups in total. The van der Waals surface area contributed by atoms with Gasteiger partial charge in [0, 0.05) is 5.92 Å². The van der Waals surface area contributed by atoms with Crippen LogP contribution in [0.5, 0.6) is 0 Å². The summed E-state index contributed by atoms with van der Waals surface area (Å²) in [7, 11) is 0. The van der Waals surface area contributed by atoms with E-state index in [1.165, 1.54) is 128 Å². The molecule has 0 rings (SSSR count). The van der Waals surface area contributed by atoms with Gasteiger partial charge < -0.3 is 5.11 Å². The molecule has 32 heavy (non-hydrogen) atoms. The van der Waals surface area contributed by atoms with Crippen molar-refractivity contribution in [3.05, 3.63) is 0 Å². The summed E-state index contributed by atoms with van der Waals surface area (Å²) in [5.74, 6) is -1.32. The number of carboxylic acid groups (broad SMARTS) is 1. The zero-order chi connectivity index (χ0) is 23.7. The Kier molecular flexibility index (Phi) is 24.7. The molecule has 0 aliphatic heterocycles. The van der Waals surface area contributed by atoms with Gasteiger partial charge in [-0.3, -0.25) is 9.59 Å². The Hall–Kier alpha value is -0.510. The predicted molar refractivity (Wildman–Crippen MR) is 142 cm³/mol. The lowest BCUT2D eigenvalue weighted by atomic mass is 9.98. The number of aliphatic carboxylic acids is 1. The van der Waals surface area contributed by atoms with Crippen LogP contribution in [0, 0.1) is 5.92 Å². The van der Waals surface area contributed by atoms with E-state index in [0.29, 0.717) is 6.42 Å². The van der Waals surface area contributed by atoms with Crippen LogP contribution in [0.15, 0.2) is 0 Å². The summed E-state index contributed by atoms with van der Waals surface area (Å²) < 4.78 is 0. The first-order valence-corrected chi connectivity index (χ1v) is 14.5. The second-order valence-electron chi connectivity index (χ2n) is 9.85. The van der Waals surface area contributed by atoms with Crippen LogP contribution in [-0.4, -0.2) is 16.2 Å². The number of carbonyl (C=O) groups is 2. The zero-order valence-electron chi connectivity index (χ0n) is 21.3. The Bertz CT molecular complexity index is 425. The second kappa shape index (κ2) is 25.1. The van der Waals surface area contributed by atoms with Crippen molar-refractivity contribution in [1.82, 2.24) is 0 Å². The van der Waals surface area contributed by atoms with Crippen molar-refractivity contribution < 1.29 is 14.7 Å². The Balaban J connectivity index is 3.19. The first-order chi connectivity index (χ1) is 15.6. The van der Waals surface area contributed by atoms with Crippen molar-refractivity contribution in [1.29, 1.82) is 0 Å². The maximum Gasteiger partial charge on any atom is 0.304 e. The van der Waals surface area contributed by atoms with Gasteiger partial charge in [-0.15, -0.1) is 12.6 Å². The Labute approximate surface area is 205 Å². The normalized spacial score (nSPS) is 12.2. The average molecular weight is 471 g/mol. The number of carbonyl (C=O) groups excluding carboxylic acids is 1. The number of thiol groups is 1. The smallest absolute Gasteiger partial charge is 0.304 e. The van der Waals surface area contributed by atoms with Crippen LogP contribution >= 0.6 is 12.6 Å². The minimum absolute atomic E-state index is 0.0818. The predicted octanol–water partition coefficient (Wildman–Crippen LogP) is 9.53. The van der Waals surface area contributed by atoms with E-state index in [1.807, 2.05) is 0 Å². The third kappa shape index (κ3) is 24.1. The van der Waals surface area contributed by atoms with Crippen molar-refractivity contribution in [2.75, 3.05) is 0 Å². The summed E-state index contributed by atoms with van der Waals surface area (Å²) in [6.07, 6.45) is 30.5. The molecule has 1 atom stereocenters. The number of hydrogen-bond donors (Lipinski definition) is 2. The van der Waals surface area contributed by atoms with Gasteiger partial charge in [-0.1, -0.05) is 148 Å². The Morgan fingerprint density at radius 2 is 0.844 bits per heavy atom. The van der Waals surface area contributed by atoms with E-state index in [0.717, 1.165) is 12.8 Å². The average Bonchev–Trinajstić information content (AvgIpc) is 2.76. The van der Waals surface area contributed by atoms with Gasteiger partial charge in [0.05, 0.1) is 6.42 Å². The molecule has 0 aromatic heterocycles. The highest BCUT2D eigenvalue weighted by atomic mass is 32.1. The van der Waals surface area contributed by atoms with Gasteiger partial charge in [0.25, 0.3) is 0 Å². The first-order valence-electron chi connectivity index (χ1n) is 14.0. The van der Waals surface area contributed by atoms with Crippen molar-refractivity contribution in [3.8, 4) is 0 Å². The van der Waals surface area contributed by atoms with Crippen molar-refractivity contribution in [3.63, 3.8) is 0 Å². The fourth-order valence-corrected chi connectivity index (χ4v) is 4.74. The van der Waals surface area contributed by atoms with Gasteiger partial charge >= 0.3 is 5.97 Å². The molecule has 0 saturated heterocycles. The van der Waals surface area contributed by atoms with E-state index in [2.05, 4.69) is 19.6 Å². The lowest BCUT2D eigenvalue weighted by Crippen LogP contribution is -2.14. The van der Waals surface area contributed by atoms with E-state index in [-0.39, 0.29) is 11.5 Å². The summed E-state index contributed by atoms with van der Waals surface area (Å²) in [6.45, 7) is 2.28. The lowest BCUT2D eigenvalue weighted by molar-refractivity contribution is -0.139. The van der Waals surface area contributed by atoms with Gasteiger partial charge in [-0.25, -0.2) is 0 Å². The summed E-state index contributed by atoms with van der Waals surface area (Å²) in [4.78, 5) is 22.1. The first kappa shape index (κ1) is 31.5. The van der Waals surface area contributed by atoms with E-state index >= 15 is 0 Å². The number of rotatable bonds is 26. The minimum Gasteiger partial charge on any atom is -0.481 e. The minimum atomic E-state index is -0.906. The molecule has 1 unspecified atom stereocenters. The quantitative estimate of drug-likeness (QED) is 0.0977. The molecule has 0 aromatic carbocycles. The van der Waals surface area contributed by atoms with Gasteiger partial charge in [-0.05, 0) is 6.42 Å². The molecule has 4 heteroatoms. The summed E-state index contributed by atoms with van der Waals surface area (Å²) in [6, 6.07) is 0. The number of unbranched alkanes of at least 4 members (excludes halogenated alkanes) is 21. The van der Waals surface area contributed by atoms with Crippen LogP contribution in [0.4, 0.5) is 0 Å². The summed E-state index contributed by atoms with van der Waals surface area (Å²) in [5.41, 5.74) is 0. The van der Waals surface area contributed by atoms with Crippen LogP contribution in [0.25, 0.3) is 0 Å². The van der Waals surface area contributed by atoms with Crippen LogP contribution in [0.1, 0.15) is 161 Å². The fourth-order valence-electron chi connectivity index (χ4n) is 4.52. The molecule has 0 spiro atoms. The number of carboxylic acids is 1. The molecule has 0 aliphatic carbocycles. The highest BCUT2D eigenvalue weighted by Crippen LogP contribution is 2.19. The molecule has 0 aromatic rings. The third-order valence-corrected chi connectivity index (χ3v) is 7.04. The molecule has 0 amide bonds. The van der Waals surface area contributed by atoms with E-state index in [9.17, 15) is 9.59 Å². The molecule has 0 radical (unpaired) electrons. The molecular formula is C28H54O3S. The molecular weight excluding hydrogens is 416 g/mol. The second-order valence-corrected chi connectivity index (χ2v) is 10.3. The van der Waals surface area contributed by atoms with Gasteiger partial charge in [-0.2, -0.15) is 0 Å². The zero-order valence-corrected chi connectivity index (χ0v) is 22.2. The molecule has 0 aliphatic rings. The fraction of sp³-hybridized carbons (Fsp3) is 0.929. The van der Waals surface area contributed by atoms with E-state index in [1.54, 1.807) is 0 Å². The third-order valence-electron chi connectivity index (χ3n) is 6.68. The molecule has 0 saturated carbocycles. The molecule has 0 bridgehead atoms. The van der Waals surface area contributed by atoms with E-state index in [4.69, 9.17) is 5.11 Å². The Morgan fingerprint density at radius 1 is 0.562 bits per heavy atom. The lowest BCUT2D eigenvalue weighted by Gasteiger charge is -2.10. The maximum absolute atomic E-state index is 11.3. The maximum atomic E-state index is 11.3. The van der Waals surface area contributed by atoms with Crippen molar-refractivity contribution in [2.45, 2.75) is 161 Å². The largest absolute Gasteiger partial charge is 0.481 e.